The van der Waals surface area contributed by atoms with E-state index < -0.39 is 11.0 Å². The minimum atomic E-state index is -1.44. The number of benzene rings is 3. The molecule has 3 aromatic carbocycles. The summed E-state index contributed by atoms with van der Waals surface area (Å²) < 4.78 is 15.4. The lowest BCUT2D eigenvalue weighted by atomic mass is 10.0. The molecule has 3 aromatic rings. The molecule has 1 unspecified atom stereocenters. The predicted octanol–water partition coefficient (Wildman–Crippen LogP) is 5.30. The van der Waals surface area contributed by atoms with E-state index in [1.54, 1.807) is 0 Å². The molecule has 2 heterocycles. The number of halogens is 1. The van der Waals surface area contributed by atoms with Gasteiger partial charge in [0.25, 0.3) is 5.91 Å². The first kappa shape index (κ1) is 25.5. The minimum absolute atomic E-state index is 0.00817. The Morgan fingerprint density at radius 1 is 0.919 bits per heavy atom. The van der Waals surface area contributed by atoms with Gasteiger partial charge in [0.05, 0.1) is 17.1 Å². The van der Waals surface area contributed by atoms with Gasteiger partial charge in [-0.05, 0) is 73.4 Å². The van der Waals surface area contributed by atoms with Crippen LogP contribution < -0.4 is 4.31 Å². The second kappa shape index (κ2) is 11.5. The molecule has 37 heavy (non-hydrogen) atoms. The number of nitrogens with zero attached hydrogens (tertiary/aromatic N) is 3. The maximum absolute atomic E-state index is 13.6. The molecule has 2 aliphatic heterocycles. The third-order valence-corrected chi connectivity index (χ3v) is 8.76. The first-order chi connectivity index (χ1) is 18.0. The third kappa shape index (κ3) is 5.89. The zero-order valence-corrected chi connectivity index (χ0v) is 22.2. The Hall–Kier alpha value is -3.16. The molecule has 0 N–H and O–H groups in total. The van der Waals surface area contributed by atoms with Crippen molar-refractivity contribution in [3.8, 4) is 0 Å². The Bertz CT molecular complexity index is 1260. The van der Waals surface area contributed by atoms with E-state index >= 15 is 0 Å². The lowest BCUT2D eigenvalue weighted by Gasteiger charge is -2.36. The van der Waals surface area contributed by atoms with Gasteiger partial charge < -0.3 is 9.80 Å². The average molecular weight is 536 g/mol. The monoisotopic (exact) mass is 535 g/mol. The highest BCUT2D eigenvalue weighted by Crippen LogP contribution is 2.26. The molecule has 2 amide bonds. The number of carbonyl (C=O) groups excluding carboxylic acids is 2. The number of piperidine rings is 1. The Labute approximate surface area is 225 Å². The fourth-order valence-electron chi connectivity index (χ4n) is 5.05. The van der Waals surface area contributed by atoms with Crippen LogP contribution in [0.3, 0.4) is 0 Å². The van der Waals surface area contributed by atoms with E-state index in [-0.39, 0.29) is 17.9 Å². The summed E-state index contributed by atoms with van der Waals surface area (Å²) in [5.74, 6) is 0.239. The van der Waals surface area contributed by atoms with E-state index in [0.717, 1.165) is 37.1 Å². The summed E-state index contributed by atoms with van der Waals surface area (Å²) >= 11 is 6.06. The number of likely N-dealkylation sites (tertiary alicyclic amines) is 2. The second-order valence-electron chi connectivity index (χ2n) is 9.49. The number of rotatable bonds is 7. The van der Waals surface area contributed by atoms with Crippen LogP contribution in [-0.4, -0.2) is 51.5 Å². The quantitative estimate of drug-likeness (QED) is 0.412. The maximum atomic E-state index is 13.6. The molecule has 0 aliphatic carbocycles. The molecule has 0 aromatic heterocycles. The SMILES string of the molecule is O=C(c1ccc(N(Cc2ccc(Cl)cc2)S(=O)c2ccccc2)cc1)N1CCC(N2CCCC2=O)CC1. The highest BCUT2D eigenvalue weighted by atomic mass is 35.5. The van der Waals surface area contributed by atoms with Gasteiger partial charge >= 0.3 is 0 Å². The lowest BCUT2D eigenvalue weighted by molar-refractivity contribution is -0.130. The molecule has 0 spiro atoms. The summed E-state index contributed by atoms with van der Waals surface area (Å²) in [7, 11) is -1.44. The van der Waals surface area contributed by atoms with Gasteiger partial charge in [0.2, 0.25) is 5.91 Å². The molecule has 2 fully saturated rings. The molecule has 192 valence electrons. The van der Waals surface area contributed by atoms with Gasteiger partial charge in [-0.25, -0.2) is 4.21 Å². The molecule has 8 heteroatoms. The summed E-state index contributed by atoms with van der Waals surface area (Å²) in [5.41, 5.74) is 2.35. The minimum Gasteiger partial charge on any atom is -0.340 e. The first-order valence-corrected chi connectivity index (χ1v) is 14.2. The van der Waals surface area contributed by atoms with Crippen LogP contribution in [0.25, 0.3) is 0 Å². The first-order valence-electron chi connectivity index (χ1n) is 12.7. The number of hydrogen-bond acceptors (Lipinski definition) is 3. The number of anilines is 1. The topological polar surface area (TPSA) is 60.9 Å². The van der Waals surface area contributed by atoms with Crippen molar-refractivity contribution in [3.05, 3.63) is 95.0 Å². The van der Waals surface area contributed by atoms with Crippen LogP contribution in [0.1, 0.15) is 41.6 Å². The van der Waals surface area contributed by atoms with Crippen LogP contribution in [0.4, 0.5) is 5.69 Å². The molecule has 6 nitrogen and oxygen atoms in total. The second-order valence-corrected chi connectivity index (χ2v) is 11.3. The summed E-state index contributed by atoms with van der Waals surface area (Å²) in [6.45, 7) is 2.57. The van der Waals surface area contributed by atoms with Crippen molar-refractivity contribution >= 4 is 40.1 Å². The van der Waals surface area contributed by atoms with E-state index in [1.165, 1.54) is 0 Å². The van der Waals surface area contributed by atoms with Gasteiger partial charge in [-0.3, -0.25) is 13.9 Å². The van der Waals surface area contributed by atoms with E-state index in [2.05, 4.69) is 0 Å². The molecule has 0 saturated carbocycles. The summed E-state index contributed by atoms with van der Waals surface area (Å²) in [5, 5.41) is 0.651. The van der Waals surface area contributed by atoms with E-state index in [1.807, 2.05) is 93.0 Å². The molecule has 2 saturated heterocycles. The van der Waals surface area contributed by atoms with Gasteiger partial charge in [0.15, 0.2) is 11.0 Å². The Kier molecular flexibility index (Phi) is 7.91. The summed E-state index contributed by atoms with van der Waals surface area (Å²) in [6.07, 6.45) is 3.23. The van der Waals surface area contributed by atoms with Crippen LogP contribution in [-0.2, 0) is 22.3 Å². The predicted molar refractivity (Wildman–Crippen MR) is 147 cm³/mol. The Balaban J connectivity index is 1.30. The van der Waals surface area contributed by atoms with Crippen molar-refractivity contribution in [2.24, 2.45) is 0 Å². The van der Waals surface area contributed by atoms with Crippen molar-refractivity contribution < 1.29 is 13.8 Å². The molecule has 1 atom stereocenters. The number of carbonyl (C=O) groups is 2. The van der Waals surface area contributed by atoms with Gasteiger partial charge in [0, 0.05) is 42.7 Å². The van der Waals surface area contributed by atoms with Crippen molar-refractivity contribution in [2.75, 3.05) is 23.9 Å². The van der Waals surface area contributed by atoms with E-state index in [9.17, 15) is 13.8 Å². The van der Waals surface area contributed by atoms with Crippen LogP contribution in [0, 0.1) is 0 Å². The molecular weight excluding hydrogens is 506 g/mol. The highest BCUT2D eigenvalue weighted by molar-refractivity contribution is 7.86. The summed E-state index contributed by atoms with van der Waals surface area (Å²) in [4.78, 5) is 29.9. The van der Waals surface area contributed by atoms with Gasteiger partial charge in [-0.15, -0.1) is 0 Å². The van der Waals surface area contributed by atoms with Crippen molar-refractivity contribution in [1.29, 1.82) is 0 Å². The van der Waals surface area contributed by atoms with Crippen molar-refractivity contribution in [3.63, 3.8) is 0 Å². The normalized spacial score (nSPS) is 17.2. The molecule has 5 rings (SSSR count). The van der Waals surface area contributed by atoms with Crippen LogP contribution in [0.5, 0.6) is 0 Å². The van der Waals surface area contributed by atoms with E-state index in [0.29, 0.717) is 41.5 Å². The van der Waals surface area contributed by atoms with Crippen molar-refractivity contribution in [1.82, 2.24) is 9.80 Å². The van der Waals surface area contributed by atoms with E-state index in [4.69, 9.17) is 11.6 Å². The van der Waals surface area contributed by atoms with Gasteiger partial charge in [0.1, 0.15) is 0 Å². The van der Waals surface area contributed by atoms with Crippen LogP contribution >= 0.6 is 11.6 Å². The largest absolute Gasteiger partial charge is 0.340 e. The smallest absolute Gasteiger partial charge is 0.253 e. The highest BCUT2D eigenvalue weighted by Gasteiger charge is 2.32. The van der Waals surface area contributed by atoms with Crippen LogP contribution in [0.2, 0.25) is 5.02 Å². The zero-order valence-electron chi connectivity index (χ0n) is 20.6. The fraction of sp³-hybridized carbons (Fsp3) is 0.310. The number of hydrogen-bond donors (Lipinski definition) is 0. The number of amides is 2. The third-order valence-electron chi connectivity index (χ3n) is 7.09. The molecule has 0 radical (unpaired) electrons. The Morgan fingerprint density at radius 3 is 2.22 bits per heavy atom. The molecule has 0 bridgehead atoms. The lowest BCUT2D eigenvalue weighted by Crippen LogP contribution is -2.47. The van der Waals surface area contributed by atoms with Crippen molar-refractivity contribution in [2.45, 2.75) is 43.2 Å². The molecular formula is C29H30ClN3O3S. The van der Waals surface area contributed by atoms with Gasteiger partial charge in [-0.1, -0.05) is 41.9 Å². The summed E-state index contributed by atoms with van der Waals surface area (Å²) in [6, 6.07) is 24.4. The standard InChI is InChI=1S/C29H30ClN3O3S/c30-24-12-8-22(9-13-24)21-33(37(36)27-5-2-1-3-6-27)26-14-10-23(11-15-26)29(35)31-19-16-25(17-20-31)32-18-4-7-28(32)34/h1-3,5-6,8-15,25H,4,7,16-21H2. The Morgan fingerprint density at radius 2 is 1.59 bits per heavy atom. The van der Waals surface area contributed by atoms with Gasteiger partial charge in [-0.2, -0.15) is 0 Å². The van der Waals surface area contributed by atoms with Crippen LogP contribution in [0.15, 0.2) is 83.8 Å². The zero-order chi connectivity index (χ0) is 25.8. The average Bonchev–Trinajstić information content (AvgIpc) is 3.38. The molecule has 2 aliphatic rings. The fourth-order valence-corrected chi connectivity index (χ4v) is 6.40. The maximum Gasteiger partial charge on any atom is 0.253 e.